The van der Waals surface area contributed by atoms with Crippen LogP contribution in [-0.2, 0) is 24.9 Å². The summed E-state index contributed by atoms with van der Waals surface area (Å²) in [4.78, 5) is 31.9. The van der Waals surface area contributed by atoms with Gasteiger partial charge in [0.2, 0.25) is 0 Å². The maximum absolute atomic E-state index is 12.7. The van der Waals surface area contributed by atoms with Gasteiger partial charge in [-0.3, -0.25) is 9.47 Å². The molecule has 0 spiro atoms. The van der Waals surface area contributed by atoms with E-state index in [0.29, 0.717) is 43.1 Å². The molecular weight excluding hydrogens is 404 g/mol. The summed E-state index contributed by atoms with van der Waals surface area (Å²) in [7, 11) is 1.74. The van der Waals surface area contributed by atoms with Gasteiger partial charge in [-0.25, -0.2) is 14.2 Å². The molecule has 1 saturated carbocycles. The fraction of sp³-hybridized carbons (Fsp3) is 0.640. The highest BCUT2D eigenvalue weighted by molar-refractivity contribution is 5.24. The molecule has 2 unspecified atom stereocenters. The van der Waals surface area contributed by atoms with Crippen molar-refractivity contribution in [3.8, 4) is 0 Å². The first kappa shape index (κ1) is 21.6. The molecule has 7 heteroatoms. The Bertz CT molecular complexity index is 1070. The standard InChI is InChI=1S/C25H34N4O3/c1-17-6-3-4-7-19(17)16-32-22-14-20-10-11-21(15-22)28(20)12-5-13-29-24(30)26-23(18-8-9-18)27(2)25(29)31/h3-4,6-7,18,20-22H,5,8-16H2,1-2H3. The van der Waals surface area contributed by atoms with Crippen molar-refractivity contribution in [2.45, 2.75) is 89.1 Å². The Hall–Kier alpha value is -2.25. The second-order valence-electron chi connectivity index (χ2n) is 9.83. The van der Waals surface area contributed by atoms with Gasteiger partial charge in [-0.15, -0.1) is 0 Å². The highest BCUT2D eigenvalue weighted by atomic mass is 16.5. The maximum atomic E-state index is 12.7. The molecule has 1 aliphatic carbocycles. The van der Waals surface area contributed by atoms with Gasteiger partial charge in [-0.2, -0.15) is 4.98 Å². The van der Waals surface area contributed by atoms with Gasteiger partial charge in [-0.1, -0.05) is 24.3 Å². The molecule has 0 amide bonds. The lowest BCUT2D eigenvalue weighted by Gasteiger charge is -2.39. The van der Waals surface area contributed by atoms with Gasteiger partial charge in [0.25, 0.3) is 0 Å². The van der Waals surface area contributed by atoms with Crippen LogP contribution in [0.5, 0.6) is 0 Å². The fourth-order valence-electron chi connectivity index (χ4n) is 5.61. The summed E-state index contributed by atoms with van der Waals surface area (Å²) in [6.07, 6.45) is 7.74. The van der Waals surface area contributed by atoms with Crippen molar-refractivity contribution in [2.75, 3.05) is 6.54 Å². The number of aryl methyl sites for hydroxylation is 1. The zero-order chi connectivity index (χ0) is 22.2. The van der Waals surface area contributed by atoms with Crippen LogP contribution in [0.15, 0.2) is 33.9 Å². The Balaban J connectivity index is 1.15. The van der Waals surface area contributed by atoms with Crippen molar-refractivity contribution >= 4 is 0 Å². The normalized spacial score (nSPS) is 25.4. The van der Waals surface area contributed by atoms with Gasteiger partial charge in [0.15, 0.2) is 0 Å². The molecule has 7 nitrogen and oxygen atoms in total. The van der Waals surface area contributed by atoms with Crippen LogP contribution in [0.1, 0.15) is 67.8 Å². The first-order chi connectivity index (χ1) is 15.5. The molecule has 0 N–H and O–H groups in total. The predicted octanol–water partition coefficient (Wildman–Crippen LogP) is 2.73. The number of fused-ring (bicyclic) bond motifs is 2. The molecule has 3 fully saturated rings. The van der Waals surface area contributed by atoms with Gasteiger partial charge in [0.05, 0.1) is 12.7 Å². The molecule has 5 rings (SSSR count). The molecular formula is C25H34N4O3. The average molecular weight is 439 g/mol. The number of nitrogens with zero attached hydrogens (tertiary/aromatic N) is 4. The molecule has 2 saturated heterocycles. The first-order valence-corrected chi connectivity index (χ1v) is 12.1. The van der Waals surface area contributed by atoms with Gasteiger partial charge in [0.1, 0.15) is 5.82 Å². The summed E-state index contributed by atoms with van der Waals surface area (Å²) in [6.45, 7) is 4.18. The van der Waals surface area contributed by atoms with Crippen LogP contribution in [0, 0.1) is 6.92 Å². The van der Waals surface area contributed by atoms with E-state index in [4.69, 9.17) is 4.74 Å². The van der Waals surface area contributed by atoms with E-state index in [0.717, 1.165) is 38.6 Å². The van der Waals surface area contributed by atoms with Gasteiger partial charge in [-0.05, 0) is 63.0 Å². The van der Waals surface area contributed by atoms with Gasteiger partial charge < -0.3 is 4.74 Å². The number of aromatic nitrogens is 3. The monoisotopic (exact) mass is 438 g/mol. The largest absolute Gasteiger partial charge is 0.373 e. The van der Waals surface area contributed by atoms with Crippen LogP contribution in [-0.4, -0.2) is 43.8 Å². The zero-order valence-electron chi connectivity index (χ0n) is 19.2. The Morgan fingerprint density at radius 3 is 2.44 bits per heavy atom. The lowest BCUT2D eigenvalue weighted by molar-refractivity contribution is -0.0287. The first-order valence-electron chi connectivity index (χ1n) is 12.1. The summed E-state index contributed by atoms with van der Waals surface area (Å²) >= 11 is 0. The number of benzene rings is 1. The van der Waals surface area contributed by atoms with Crippen molar-refractivity contribution < 1.29 is 4.74 Å². The van der Waals surface area contributed by atoms with E-state index < -0.39 is 0 Å². The number of hydrogen-bond donors (Lipinski definition) is 0. The molecule has 2 atom stereocenters. The van der Waals surface area contributed by atoms with Crippen LogP contribution in [0.2, 0.25) is 0 Å². The molecule has 0 radical (unpaired) electrons. The fourth-order valence-corrected chi connectivity index (χ4v) is 5.61. The predicted molar refractivity (Wildman–Crippen MR) is 123 cm³/mol. The molecule has 3 heterocycles. The van der Waals surface area contributed by atoms with E-state index in [1.54, 1.807) is 11.6 Å². The van der Waals surface area contributed by atoms with Crippen molar-refractivity contribution in [1.29, 1.82) is 0 Å². The Kier molecular flexibility index (Phi) is 6.03. The average Bonchev–Trinajstić information content (AvgIpc) is 3.59. The lowest BCUT2D eigenvalue weighted by atomic mass is 9.99. The third-order valence-electron chi connectivity index (χ3n) is 7.62. The minimum Gasteiger partial charge on any atom is -0.373 e. The van der Waals surface area contributed by atoms with E-state index in [-0.39, 0.29) is 11.4 Å². The SMILES string of the molecule is Cc1ccccc1COC1CC2CCC(C1)N2CCCn1c(=O)nc(C2CC2)n(C)c1=O. The minimum atomic E-state index is -0.388. The number of hydrogen-bond acceptors (Lipinski definition) is 5. The number of piperidine rings is 1. The zero-order valence-corrected chi connectivity index (χ0v) is 19.2. The van der Waals surface area contributed by atoms with E-state index in [1.165, 1.54) is 28.5 Å². The Labute approximate surface area is 189 Å². The minimum absolute atomic E-state index is 0.224. The highest BCUT2D eigenvalue weighted by Crippen LogP contribution is 2.38. The second kappa shape index (κ2) is 8.94. The molecule has 3 aliphatic rings. The topological polar surface area (TPSA) is 69.4 Å². The summed E-state index contributed by atoms with van der Waals surface area (Å²) < 4.78 is 9.19. The third-order valence-corrected chi connectivity index (χ3v) is 7.62. The molecule has 2 bridgehead atoms. The number of rotatable bonds is 8. The quantitative estimate of drug-likeness (QED) is 0.634. The lowest BCUT2D eigenvalue weighted by Crippen LogP contribution is -2.47. The highest BCUT2D eigenvalue weighted by Gasteiger charge is 2.40. The molecule has 1 aromatic carbocycles. The maximum Gasteiger partial charge on any atom is 0.353 e. The Morgan fingerprint density at radius 2 is 1.75 bits per heavy atom. The third kappa shape index (κ3) is 4.33. The van der Waals surface area contributed by atoms with Gasteiger partial charge in [0, 0.05) is 38.1 Å². The van der Waals surface area contributed by atoms with Crippen LogP contribution >= 0.6 is 0 Å². The van der Waals surface area contributed by atoms with Crippen molar-refractivity contribution in [3.63, 3.8) is 0 Å². The molecule has 172 valence electrons. The molecule has 2 aliphatic heterocycles. The molecule has 2 aromatic rings. The van der Waals surface area contributed by atoms with Crippen molar-refractivity contribution in [2.24, 2.45) is 7.05 Å². The summed E-state index contributed by atoms with van der Waals surface area (Å²) in [5.41, 5.74) is 1.95. The van der Waals surface area contributed by atoms with E-state index in [2.05, 4.69) is 41.1 Å². The van der Waals surface area contributed by atoms with Crippen molar-refractivity contribution in [3.05, 3.63) is 62.2 Å². The summed E-state index contributed by atoms with van der Waals surface area (Å²) in [5, 5.41) is 0. The van der Waals surface area contributed by atoms with Crippen LogP contribution in [0.4, 0.5) is 0 Å². The molecule has 1 aromatic heterocycles. The van der Waals surface area contributed by atoms with E-state index in [9.17, 15) is 9.59 Å². The van der Waals surface area contributed by atoms with Gasteiger partial charge >= 0.3 is 11.4 Å². The summed E-state index contributed by atoms with van der Waals surface area (Å²) in [5.74, 6) is 0.946. The van der Waals surface area contributed by atoms with Crippen LogP contribution in [0.3, 0.4) is 0 Å². The summed E-state index contributed by atoms with van der Waals surface area (Å²) in [6, 6.07) is 9.52. The molecule has 32 heavy (non-hydrogen) atoms. The van der Waals surface area contributed by atoms with Crippen molar-refractivity contribution in [1.82, 2.24) is 19.0 Å². The number of ether oxygens (including phenoxy) is 1. The Morgan fingerprint density at radius 1 is 1.03 bits per heavy atom. The van der Waals surface area contributed by atoms with Crippen LogP contribution < -0.4 is 11.4 Å². The van der Waals surface area contributed by atoms with E-state index >= 15 is 0 Å². The van der Waals surface area contributed by atoms with E-state index in [1.807, 2.05) is 0 Å². The second-order valence-corrected chi connectivity index (χ2v) is 9.83. The van der Waals surface area contributed by atoms with Crippen LogP contribution in [0.25, 0.3) is 0 Å². The smallest absolute Gasteiger partial charge is 0.353 e.